The largest absolute Gasteiger partial charge is 0.507 e. The van der Waals surface area contributed by atoms with Gasteiger partial charge in [0, 0.05) is 5.92 Å². The van der Waals surface area contributed by atoms with Crippen LogP contribution in [0.2, 0.25) is 0 Å². The zero-order chi connectivity index (χ0) is 16.4. The van der Waals surface area contributed by atoms with Crippen LogP contribution in [0.5, 0.6) is 5.75 Å². The first-order valence-electron chi connectivity index (χ1n) is 7.74. The molecular weight excluding hydrogens is 298 g/mol. The molecule has 3 N–H and O–H groups in total. The van der Waals surface area contributed by atoms with Crippen LogP contribution in [0.3, 0.4) is 0 Å². The number of hydrogen-bond acceptors (Lipinski definition) is 5. The van der Waals surface area contributed by atoms with E-state index in [9.17, 15) is 15.0 Å². The second-order valence-corrected chi connectivity index (χ2v) is 5.83. The molecule has 2 aromatic rings. The zero-order valence-corrected chi connectivity index (χ0v) is 12.6. The molecule has 1 aromatic heterocycles. The topological polar surface area (TPSA) is 108 Å². The van der Waals surface area contributed by atoms with Gasteiger partial charge in [-0.05, 0) is 31.0 Å². The number of aromatic hydroxyl groups is 1. The van der Waals surface area contributed by atoms with Crippen LogP contribution >= 0.6 is 0 Å². The highest BCUT2D eigenvalue weighted by atomic mass is 16.4. The van der Waals surface area contributed by atoms with Crippen molar-refractivity contribution in [3.63, 3.8) is 0 Å². The minimum absolute atomic E-state index is 0.182. The summed E-state index contributed by atoms with van der Waals surface area (Å²) in [5.41, 5.74) is 1.71. The quantitative estimate of drug-likeness (QED) is 0.798. The van der Waals surface area contributed by atoms with E-state index in [0.717, 1.165) is 31.4 Å². The fourth-order valence-electron chi connectivity index (χ4n) is 3.24. The van der Waals surface area contributed by atoms with Gasteiger partial charge in [-0.2, -0.15) is 0 Å². The number of carbonyl (C=O) groups is 1. The number of phenols is 1. The molecule has 1 fully saturated rings. The fourth-order valence-corrected chi connectivity index (χ4v) is 3.24. The first-order chi connectivity index (χ1) is 11.1. The molecular formula is C16H19N3O4. The van der Waals surface area contributed by atoms with Crippen molar-refractivity contribution in [1.82, 2.24) is 15.0 Å². The van der Waals surface area contributed by atoms with E-state index < -0.39 is 5.97 Å². The molecule has 0 radical (unpaired) electrons. The molecule has 7 heteroatoms. The van der Waals surface area contributed by atoms with Gasteiger partial charge < -0.3 is 15.3 Å². The predicted molar refractivity (Wildman–Crippen MR) is 81.7 cm³/mol. The standard InChI is InChI=1S/C16H19N3O4/c20-9-13-15(10-4-2-1-3-5-10)19(18-17-13)11-6-7-14(21)12(8-11)16(22)23/h6-8,10,20-21H,1-5,9H2,(H,22,23). The molecule has 0 atom stereocenters. The molecule has 0 aliphatic heterocycles. The number of rotatable bonds is 4. The van der Waals surface area contributed by atoms with Crippen molar-refractivity contribution in [2.45, 2.75) is 44.6 Å². The van der Waals surface area contributed by atoms with Crippen LogP contribution in [-0.4, -0.2) is 36.3 Å². The second-order valence-electron chi connectivity index (χ2n) is 5.83. The van der Waals surface area contributed by atoms with Gasteiger partial charge in [0.2, 0.25) is 0 Å². The number of benzene rings is 1. The average Bonchev–Trinajstić information content (AvgIpc) is 2.99. The van der Waals surface area contributed by atoms with Crippen LogP contribution in [0.1, 0.15) is 59.8 Å². The highest BCUT2D eigenvalue weighted by Gasteiger charge is 2.25. The monoisotopic (exact) mass is 317 g/mol. The maximum absolute atomic E-state index is 11.2. The number of aliphatic hydroxyl groups excluding tert-OH is 1. The van der Waals surface area contributed by atoms with Gasteiger partial charge in [0.1, 0.15) is 17.0 Å². The number of hydrogen-bond donors (Lipinski definition) is 3. The van der Waals surface area contributed by atoms with Crippen LogP contribution in [-0.2, 0) is 6.61 Å². The fraction of sp³-hybridized carbons (Fsp3) is 0.438. The molecule has 1 heterocycles. The number of nitrogens with zero attached hydrogens (tertiary/aromatic N) is 3. The summed E-state index contributed by atoms with van der Waals surface area (Å²) in [6.45, 7) is -0.199. The molecule has 3 rings (SSSR count). The minimum Gasteiger partial charge on any atom is -0.507 e. The summed E-state index contributed by atoms with van der Waals surface area (Å²) in [4.78, 5) is 11.2. The lowest BCUT2D eigenvalue weighted by atomic mass is 9.86. The molecule has 122 valence electrons. The van der Waals surface area contributed by atoms with Gasteiger partial charge in [-0.3, -0.25) is 0 Å². The summed E-state index contributed by atoms with van der Waals surface area (Å²) in [6.07, 6.45) is 5.46. The zero-order valence-electron chi connectivity index (χ0n) is 12.6. The molecule has 0 bridgehead atoms. The van der Waals surface area contributed by atoms with Crippen LogP contribution < -0.4 is 0 Å². The Morgan fingerprint density at radius 1 is 1.26 bits per heavy atom. The molecule has 1 aromatic carbocycles. The first kappa shape index (κ1) is 15.5. The van der Waals surface area contributed by atoms with E-state index in [1.165, 1.54) is 18.6 Å². The predicted octanol–water partition coefficient (Wildman–Crippen LogP) is 2.21. The van der Waals surface area contributed by atoms with E-state index >= 15 is 0 Å². The SMILES string of the molecule is O=C(O)c1cc(-n2nnc(CO)c2C2CCCCC2)ccc1O. The van der Waals surface area contributed by atoms with Crippen molar-refractivity contribution in [2.24, 2.45) is 0 Å². The van der Waals surface area contributed by atoms with E-state index in [1.54, 1.807) is 10.7 Å². The third-order valence-corrected chi connectivity index (χ3v) is 4.38. The van der Waals surface area contributed by atoms with Crippen molar-refractivity contribution < 1.29 is 20.1 Å². The Hall–Kier alpha value is -2.41. The van der Waals surface area contributed by atoms with E-state index in [1.807, 2.05) is 0 Å². The van der Waals surface area contributed by atoms with Gasteiger partial charge in [-0.15, -0.1) is 5.10 Å². The maximum atomic E-state index is 11.2. The molecule has 0 amide bonds. The average molecular weight is 317 g/mol. The summed E-state index contributed by atoms with van der Waals surface area (Å²) in [5.74, 6) is -1.24. The highest BCUT2D eigenvalue weighted by molar-refractivity contribution is 5.91. The Bertz CT molecular complexity index is 720. The smallest absolute Gasteiger partial charge is 0.339 e. The number of carboxylic acid groups (broad SMARTS) is 1. The number of carboxylic acids is 1. The van der Waals surface area contributed by atoms with Crippen molar-refractivity contribution in [3.8, 4) is 11.4 Å². The van der Waals surface area contributed by atoms with Gasteiger partial charge in [-0.1, -0.05) is 24.5 Å². The van der Waals surface area contributed by atoms with Crippen LogP contribution in [0, 0.1) is 0 Å². The van der Waals surface area contributed by atoms with Gasteiger partial charge in [0.15, 0.2) is 0 Å². The molecule has 1 aliphatic rings. The summed E-state index contributed by atoms with van der Waals surface area (Å²) in [6, 6.07) is 4.31. The molecule has 7 nitrogen and oxygen atoms in total. The molecule has 0 saturated heterocycles. The number of aromatic carboxylic acids is 1. The van der Waals surface area contributed by atoms with Crippen LogP contribution in [0.4, 0.5) is 0 Å². The molecule has 23 heavy (non-hydrogen) atoms. The summed E-state index contributed by atoms with van der Waals surface area (Å²) >= 11 is 0. The van der Waals surface area contributed by atoms with Gasteiger partial charge in [0.05, 0.1) is 18.0 Å². The molecule has 0 spiro atoms. The van der Waals surface area contributed by atoms with Crippen LogP contribution in [0.15, 0.2) is 18.2 Å². The molecule has 1 aliphatic carbocycles. The van der Waals surface area contributed by atoms with Crippen molar-refractivity contribution in [3.05, 3.63) is 35.2 Å². The first-order valence-corrected chi connectivity index (χ1v) is 7.74. The van der Waals surface area contributed by atoms with E-state index in [2.05, 4.69) is 10.3 Å². The van der Waals surface area contributed by atoms with Crippen molar-refractivity contribution in [2.75, 3.05) is 0 Å². The van der Waals surface area contributed by atoms with Crippen LogP contribution in [0.25, 0.3) is 5.69 Å². The Morgan fingerprint density at radius 3 is 2.65 bits per heavy atom. The lowest BCUT2D eigenvalue weighted by Crippen LogP contribution is -2.13. The Labute approximate surface area is 133 Å². The maximum Gasteiger partial charge on any atom is 0.339 e. The Kier molecular flexibility index (Phi) is 4.29. The summed E-state index contributed by atoms with van der Waals surface area (Å²) in [7, 11) is 0. The van der Waals surface area contributed by atoms with Gasteiger partial charge in [-0.25, -0.2) is 9.48 Å². The van der Waals surface area contributed by atoms with Gasteiger partial charge in [0.25, 0.3) is 0 Å². The second kappa shape index (κ2) is 6.37. The Balaban J connectivity index is 2.08. The van der Waals surface area contributed by atoms with E-state index in [-0.39, 0.29) is 23.8 Å². The number of aliphatic hydroxyl groups is 1. The number of aromatic nitrogens is 3. The summed E-state index contributed by atoms with van der Waals surface area (Å²) in [5, 5.41) is 36.5. The highest BCUT2D eigenvalue weighted by Crippen LogP contribution is 2.35. The summed E-state index contributed by atoms with van der Waals surface area (Å²) < 4.78 is 1.59. The van der Waals surface area contributed by atoms with E-state index in [4.69, 9.17) is 5.11 Å². The molecule has 0 unspecified atom stereocenters. The lowest BCUT2D eigenvalue weighted by Gasteiger charge is -2.23. The van der Waals surface area contributed by atoms with Crippen molar-refractivity contribution in [1.29, 1.82) is 0 Å². The van der Waals surface area contributed by atoms with Crippen molar-refractivity contribution >= 4 is 5.97 Å². The van der Waals surface area contributed by atoms with E-state index in [0.29, 0.717) is 11.4 Å². The third-order valence-electron chi connectivity index (χ3n) is 4.38. The normalized spacial score (nSPS) is 15.7. The lowest BCUT2D eigenvalue weighted by molar-refractivity contribution is 0.0693. The van der Waals surface area contributed by atoms with Gasteiger partial charge >= 0.3 is 5.97 Å². The third kappa shape index (κ3) is 2.92. The Morgan fingerprint density at radius 2 is 2.00 bits per heavy atom. The minimum atomic E-state index is -1.20. The molecule has 1 saturated carbocycles.